The van der Waals surface area contributed by atoms with E-state index in [9.17, 15) is 4.79 Å². The molecule has 0 fully saturated rings. The Labute approximate surface area is 151 Å². The Hall–Kier alpha value is -1.79. The monoisotopic (exact) mass is 367 g/mol. The van der Waals surface area contributed by atoms with Gasteiger partial charge >= 0.3 is 6.03 Å². The number of aryl methyl sites for hydroxylation is 1. The van der Waals surface area contributed by atoms with Crippen LogP contribution < -0.4 is 15.4 Å². The van der Waals surface area contributed by atoms with Crippen molar-refractivity contribution in [1.82, 2.24) is 15.6 Å². The van der Waals surface area contributed by atoms with Crippen molar-refractivity contribution in [1.29, 1.82) is 0 Å². The number of nitrogens with one attached hydrogen (secondary N) is 2. The zero-order valence-corrected chi connectivity index (χ0v) is 16.1. The van der Waals surface area contributed by atoms with Crippen LogP contribution in [-0.2, 0) is 6.54 Å². The normalized spacial score (nSPS) is 11.2. The van der Waals surface area contributed by atoms with Gasteiger partial charge in [0.2, 0.25) is 0 Å². The minimum atomic E-state index is -0.278. The lowest BCUT2D eigenvalue weighted by Gasteiger charge is -2.20. The van der Waals surface area contributed by atoms with Crippen LogP contribution in [0.25, 0.3) is 11.3 Å². The van der Waals surface area contributed by atoms with Crippen molar-refractivity contribution in [3.05, 3.63) is 33.1 Å². The van der Waals surface area contributed by atoms with Crippen molar-refractivity contribution in [2.24, 2.45) is 0 Å². The first-order valence-electron chi connectivity index (χ1n) is 7.56. The molecule has 0 radical (unpaired) electrons. The van der Waals surface area contributed by atoms with Gasteiger partial charge in [-0.2, -0.15) is 0 Å². The lowest BCUT2D eigenvalue weighted by atomic mass is 10.1. The van der Waals surface area contributed by atoms with E-state index in [1.165, 1.54) is 0 Å². The van der Waals surface area contributed by atoms with Gasteiger partial charge in [0, 0.05) is 11.1 Å². The molecule has 130 valence electrons. The van der Waals surface area contributed by atoms with Crippen LogP contribution in [-0.4, -0.2) is 23.7 Å². The van der Waals surface area contributed by atoms with Gasteiger partial charge in [-0.05, 0) is 45.9 Å². The summed E-state index contributed by atoms with van der Waals surface area (Å²) in [6, 6.07) is 5.36. The lowest BCUT2D eigenvalue weighted by molar-refractivity contribution is 0.231. The summed E-state index contributed by atoms with van der Waals surface area (Å²) in [5, 5.41) is 7.22. The van der Waals surface area contributed by atoms with E-state index in [0.717, 1.165) is 21.1 Å². The number of hydrogen-bond donors (Lipinski definition) is 2. The van der Waals surface area contributed by atoms with Gasteiger partial charge in [0.05, 0.1) is 34.3 Å². The second kappa shape index (κ2) is 7.40. The first kappa shape index (κ1) is 18.5. The zero-order valence-electron chi connectivity index (χ0n) is 14.5. The molecule has 1 heterocycles. The molecule has 2 aromatic rings. The summed E-state index contributed by atoms with van der Waals surface area (Å²) in [7, 11) is 1.58. The van der Waals surface area contributed by atoms with Gasteiger partial charge < -0.3 is 15.4 Å². The second-order valence-corrected chi connectivity index (χ2v) is 8.11. The van der Waals surface area contributed by atoms with Gasteiger partial charge in [-0.1, -0.05) is 11.6 Å². The van der Waals surface area contributed by atoms with E-state index in [1.54, 1.807) is 18.4 Å². The molecule has 2 amide bonds. The molecule has 5 nitrogen and oxygen atoms in total. The number of hydrogen-bond acceptors (Lipinski definition) is 4. The van der Waals surface area contributed by atoms with Crippen molar-refractivity contribution in [3.8, 4) is 17.0 Å². The van der Waals surface area contributed by atoms with Crippen molar-refractivity contribution >= 4 is 29.0 Å². The van der Waals surface area contributed by atoms with Crippen molar-refractivity contribution in [2.45, 2.75) is 39.8 Å². The number of benzene rings is 1. The van der Waals surface area contributed by atoms with Crippen LogP contribution in [0.1, 0.15) is 30.7 Å². The highest BCUT2D eigenvalue weighted by molar-refractivity contribution is 7.12. The molecule has 0 saturated heterocycles. The van der Waals surface area contributed by atoms with Gasteiger partial charge in [-0.15, -0.1) is 11.3 Å². The van der Waals surface area contributed by atoms with Crippen LogP contribution in [0.2, 0.25) is 5.02 Å². The SMILES string of the molecule is COc1ccc(-c2nc(C)sc2CNC(=O)NC(C)(C)C)cc1Cl. The van der Waals surface area contributed by atoms with Gasteiger partial charge in [0.25, 0.3) is 0 Å². The number of urea groups is 1. The van der Waals surface area contributed by atoms with Crippen LogP contribution >= 0.6 is 22.9 Å². The maximum Gasteiger partial charge on any atom is 0.315 e. The average molecular weight is 368 g/mol. The van der Waals surface area contributed by atoms with Crippen LogP contribution in [0.5, 0.6) is 5.75 Å². The molecule has 7 heteroatoms. The maximum absolute atomic E-state index is 11.9. The Morgan fingerprint density at radius 1 is 1.38 bits per heavy atom. The molecule has 0 spiro atoms. The fourth-order valence-corrected chi connectivity index (χ4v) is 3.33. The molecule has 0 unspecified atom stereocenters. The highest BCUT2D eigenvalue weighted by atomic mass is 35.5. The fourth-order valence-electron chi connectivity index (χ4n) is 2.17. The summed E-state index contributed by atoms with van der Waals surface area (Å²) in [5.41, 5.74) is 1.45. The number of ether oxygens (including phenoxy) is 1. The number of aromatic nitrogens is 1. The first-order chi connectivity index (χ1) is 11.2. The maximum atomic E-state index is 11.9. The van der Waals surface area contributed by atoms with Gasteiger partial charge in [0.1, 0.15) is 5.75 Å². The standard InChI is InChI=1S/C17H22ClN3O2S/c1-10-20-15(11-6-7-13(23-5)12(18)8-11)14(24-10)9-19-16(22)21-17(2,3)4/h6-8H,9H2,1-5H3,(H2,19,21,22). The first-order valence-corrected chi connectivity index (χ1v) is 8.75. The van der Waals surface area contributed by atoms with Gasteiger partial charge in [-0.3, -0.25) is 0 Å². The Bertz CT molecular complexity index is 738. The summed E-state index contributed by atoms with van der Waals surface area (Å²) in [4.78, 5) is 17.5. The summed E-state index contributed by atoms with van der Waals surface area (Å²) < 4.78 is 5.18. The molecule has 0 saturated carbocycles. The average Bonchev–Trinajstić information content (AvgIpc) is 2.84. The number of halogens is 1. The van der Waals surface area contributed by atoms with E-state index in [2.05, 4.69) is 15.6 Å². The molecule has 0 atom stereocenters. The molecule has 0 aliphatic carbocycles. The lowest BCUT2D eigenvalue weighted by Crippen LogP contribution is -2.46. The third-order valence-corrected chi connectivity index (χ3v) is 4.39. The Morgan fingerprint density at radius 2 is 2.08 bits per heavy atom. The highest BCUT2D eigenvalue weighted by Crippen LogP contribution is 2.33. The summed E-state index contributed by atoms with van der Waals surface area (Å²) >= 11 is 7.77. The number of nitrogens with zero attached hydrogens (tertiary/aromatic N) is 1. The highest BCUT2D eigenvalue weighted by Gasteiger charge is 2.16. The van der Waals surface area contributed by atoms with Gasteiger partial charge in [-0.25, -0.2) is 9.78 Å². The summed E-state index contributed by atoms with van der Waals surface area (Å²) in [5.74, 6) is 0.622. The molecule has 24 heavy (non-hydrogen) atoms. The van der Waals surface area contributed by atoms with Gasteiger partial charge in [0.15, 0.2) is 0 Å². The summed E-state index contributed by atoms with van der Waals surface area (Å²) in [6.07, 6.45) is 0. The van der Waals surface area contributed by atoms with Crippen molar-refractivity contribution < 1.29 is 9.53 Å². The molecular formula is C17H22ClN3O2S. The molecule has 0 aliphatic heterocycles. The number of methoxy groups -OCH3 is 1. The van der Waals surface area contributed by atoms with E-state index in [-0.39, 0.29) is 11.6 Å². The van der Waals surface area contributed by atoms with E-state index < -0.39 is 0 Å². The Morgan fingerprint density at radius 3 is 2.67 bits per heavy atom. The number of carbonyl (C=O) groups excluding carboxylic acids is 1. The number of thiazole rings is 1. The quantitative estimate of drug-likeness (QED) is 0.842. The van der Waals surface area contributed by atoms with Crippen LogP contribution in [0.15, 0.2) is 18.2 Å². The smallest absolute Gasteiger partial charge is 0.315 e. The van der Waals surface area contributed by atoms with Crippen LogP contribution in [0.4, 0.5) is 4.79 Å². The van der Waals surface area contributed by atoms with E-state index in [1.807, 2.05) is 45.9 Å². The van der Waals surface area contributed by atoms with Crippen LogP contribution in [0, 0.1) is 6.92 Å². The third-order valence-electron chi connectivity index (χ3n) is 3.13. The minimum Gasteiger partial charge on any atom is -0.495 e. The molecule has 1 aromatic carbocycles. The van der Waals surface area contributed by atoms with E-state index in [4.69, 9.17) is 16.3 Å². The topological polar surface area (TPSA) is 63.2 Å². The fraction of sp³-hybridized carbons (Fsp3) is 0.412. The molecular weight excluding hydrogens is 346 g/mol. The van der Waals surface area contributed by atoms with Crippen LogP contribution in [0.3, 0.4) is 0 Å². The largest absolute Gasteiger partial charge is 0.495 e. The zero-order chi connectivity index (χ0) is 17.9. The Balaban J connectivity index is 2.18. The molecule has 2 N–H and O–H groups in total. The summed E-state index contributed by atoms with van der Waals surface area (Å²) in [6.45, 7) is 8.17. The number of rotatable bonds is 4. The van der Waals surface area contributed by atoms with Crippen molar-refractivity contribution in [3.63, 3.8) is 0 Å². The number of carbonyl (C=O) groups is 1. The molecule has 0 aliphatic rings. The van der Waals surface area contributed by atoms with E-state index >= 15 is 0 Å². The second-order valence-electron chi connectivity index (χ2n) is 6.41. The van der Waals surface area contributed by atoms with Crippen molar-refractivity contribution in [2.75, 3.05) is 7.11 Å². The minimum absolute atomic E-state index is 0.202. The molecule has 2 rings (SSSR count). The molecule has 1 aromatic heterocycles. The van der Waals surface area contributed by atoms with E-state index in [0.29, 0.717) is 17.3 Å². The predicted octanol–water partition coefficient (Wildman–Crippen LogP) is 4.38. The Kier molecular flexibility index (Phi) is 5.72. The third kappa shape index (κ3) is 4.85. The predicted molar refractivity (Wildman–Crippen MR) is 99.0 cm³/mol. The molecule has 0 bridgehead atoms. The number of amides is 2.